The third kappa shape index (κ3) is 3.18. The van der Waals surface area contributed by atoms with E-state index in [2.05, 4.69) is 16.7 Å². The monoisotopic (exact) mass is 309 g/mol. The molecule has 1 aliphatic rings. The summed E-state index contributed by atoms with van der Waals surface area (Å²) >= 11 is 0. The van der Waals surface area contributed by atoms with Gasteiger partial charge in [-0.2, -0.15) is 0 Å². The Balaban J connectivity index is 1.61. The molecular weight excluding hydrogens is 290 g/mol. The van der Waals surface area contributed by atoms with Crippen molar-refractivity contribution in [3.8, 4) is 0 Å². The first kappa shape index (κ1) is 15.1. The van der Waals surface area contributed by atoms with E-state index >= 15 is 0 Å². The van der Waals surface area contributed by atoms with Crippen LogP contribution < -0.4 is 15.5 Å². The van der Waals surface area contributed by atoms with Gasteiger partial charge in [0.05, 0.1) is 6.54 Å². The molecule has 0 radical (unpaired) electrons. The average Bonchev–Trinajstić information content (AvgIpc) is 3.03. The number of hydrogen-bond acceptors (Lipinski definition) is 3. The molecule has 1 heterocycles. The normalized spacial score (nSPS) is 12.7. The maximum absolute atomic E-state index is 12.4. The molecule has 0 bridgehead atoms. The Morgan fingerprint density at radius 1 is 1.09 bits per heavy atom. The highest BCUT2D eigenvalue weighted by molar-refractivity contribution is 5.98. The standard InChI is InChI=1S/C18H19N3O2/c1-19-18(23)14-6-8-15(9-7-14)20-12-17(22)21-11-10-13-4-2-3-5-16(13)21/h2-9,20H,10-12H2,1H3,(H,19,23). The van der Waals surface area contributed by atoms with Crippen molar-refractivity contribution in [2.75, 3.05) is 30.4 Å². The van der Waals surface area contributed by atoms with Gasteiger partial charge in [-0.05, 0) is 42.3 Å². The molecule has 3 rings (SSSR count). The van der Waals surface area contributed by atoms with Crippen LogP contribution in [-0.2, 0) is 11.2 Å². The fraction of sp³-hybridized carbons (Fsp3) is 0.222. The number of rotatable bonds is 4. The summed E-state index contributed by atoms with van der Waals surface area (Å²) < 4.78 is 0. The van der Waals surface area contributed by atoms with E-state index in [0.717, 1.165) is 24.3 Å². The van der Waals surface area contributed by atoms with Gasteiger partial charge in [-0.15, -0.1) is 0 Å². The molecule has 0 atom stereocenters. The second-order valence-electron chi connectivity index (χ2n) is 5.43. The van der Waals surface area contributed by atoms with E-state index < -0.39 is 0 Å². The lowest BCUT2D eigenvalue weighted by molar-refractivity contribution is -0.116. The molecule has 23 heavy (non-hydrogen) atoms. The third-order valence-corrected chi connectivity index (χ3v) is 4.01. The molecule has 5 heteroatoms. The highest BCUT2D eigenvalue weighted by atomic mass is 16.2. The zero-order valence-corrected chi connectivity index (χ0v) is 13.0. The first-order chi connectivity index (χ1) is 11.2. The number of carbonyl (C=O) groups excluding carboxylic acids is 2. The highest BCUT2D eigenvalue weighted by Crippen LogP contribution is 2.27. The van der Waals surface area contributed by atoms with Crippen LogP contribution in [0.1, 0.15) is 15.9 Å². The minimum Gasteiger partial charge on any atom is -0.376 e. The number of amides is 2. The van der Waals surface area contributed by atoms with Crippen molar-refractivity contribution in [3.63, 3.8) is 0 Å². The summed E-state index contributed by atoms with van der Waals surface area (Å²) in [5.41, 5.74) is 3.64. The molecule has 0 aromatic heterocycles. The van der Waals surface area contributed by atoms with Gasteiger partial charge in [0.15, 0.2) is 0 Å². The van der Waals surface area contributed by atoms with Crippen molar-refractivity contribution in [2.24, 2.45) is 0 Å². The van der Waals surface area contributed by atoms with Crippen LogP contribution in [0.2, 0.25) is 0 Å². The molecule has 2 N–H and O–H groups in total. The molecule has 1 aliphatic heterocycles. The summed E-state index contributed by atoms with van der Waals surface area (Å²) in [5.74, 6) is -0.0772. The molecule has 118 valence electrons. The molecule has 2 aromatic carbocycles. The number of nitrogens with one attached hydrogen (secondary N) is 2. The van der Waals surface area contributed by atoms with E-state index in [1.54, 1.807) is 31.3 Å². The van der Waals surface area contributed by atoms with Gasteiger partial charge in [-0.3, -0.25) is 9.59 Å². The minimum absolute atomic E-state index is 0.0466. The van der Waals surface area contributed by atoms with Crippen LogP contribution in [0.3, 0.4) is 0 Å². The van der Waals surface area contributed by atoms with Crippen LogP contribution in [0.5, 0.6) is 0 Å². The number of benzene rings is 2. The largest absolute Gasteiger partial charge is 0.376 e. The van der Waals surface area contributed by atoms with E-state index in [1.165, 1.54) is 5.56 Å². The summed E-state index contributed by atoms with van der Waals surface area (Å²) in [6, 6.07) is 15.1. The predicted molar refractivity (Wildman–Crippen MR) is 90.8 cm³/mol. The number of nitrogens with zero attached hydrogens (tertiary/aromatic N) is 1. The summed E-state index contributed by atoms with van der Waals surface area (Å²) in [6.45, 7) is 0.961. The SMILES string of the molecule is CNC(=O)c1ccc(NCC(=O)N2CCc3ccccc32)cc1. The van der Waals surface area contributed by atoms with Gasteiger partial charge in [0, 0.05) is 30.5 Å². The Hall–Kier alpha value is -2.82. The second-order valence-corrected chi connectivity index (χ2v) is 5.43. The molecule has 0 unspecified atom stereocenters. The van der Waals surface area contributed by atoms with Crippen molar-refractivity contribution in [3.05, 3.63) is 59.7 Å². The fourth-order valence-corrected chi connectivity index (χ4v) is 2.75. The van der Waals surface area contributed by atoms with Crippen LogP contribution >= 0.6 is 0 Å². The average molecular weight is 309 g/mol. The van der Waals surface area contributed by atoms with Gasteiger partial charge in [0.2, 0.25) is 5.91 Å². The summed E-state index contributed by atoms with van der Waals surface area (Å²) in [5, 5.41) is 5.69. The number of hydrogen-bond donors (Lipinski definition) is 2. The lowest BCUT2D eigenvalue weighted by Gasteiger charge is -2.18. The van der Waals surface area contributed by atoms with E-state index in [-0.39, 0.29) is 18.4 Å². The highest BCUT2D eigenvalue weighted by Gasteiger charge is 2.23. The first-order valence-electron chi connectivity index (χ1n) is 7.63. The topological polar surface area (TPSA) is 61.4 Å². The van der Waals surface area contributed by atoms with Gasteiger partial charge in [0.1, 0.15) is 0 Å². The summed E-state index contributed by atoms with van der Waals surface area (Å²) in [7, 11) is 1.60. The number of para-hydroxylation sites is 1. The van der Waals surface area contributed by atoms with Crippen molar-refractivity contribution >= 4 is 23.2 Å². The molecule has 0 saturated carbocycles. The third-order valence-electron chi connectivity index (χ3n) is 4.01. The van der Waals surface area contributed by atoms with Gasteiger partial charge < -0.3 is 15.5 Å². The molecule has 0 saturated heterocycles. The van der Waals surface area contributed by atoms with Crippen molar-refractivity contribution in [1.82, 2.24) is 5.32 Å². The predicted octanol–water partition coefficient (Wildman–Crippen LogP) is 2.05. The maximum Gasteiger partial charge on any atom is 0.251 e. The zero-order chi connectivity index (χ0) is 16.2. The Labute approximate surface area is 135 Å². The molecule has 0 aliphatic carbocycles. The molecule has 2 aromatic rings. The van der Waals surface area contributed by atoms with E-state index in [9.17, 15) is 9.59 Å². The minimum atomic E-state index is -0.124. The lowest BCUT2D eigenvalue weighted by atomic mass is 10.2. The maximum atomic E-state index is 12.4. The quantitative estimate of drug-likeness (QED) is 0.908. The molecule has 2 amide bonds. The van der Waals surface area contributed by atoms with Crippen molar-refractivity contribution < 1.29 is 9.59 Å². The number of carbonyl (C=O) groups is 2. The molecule has 5 nitrogen and oxygen atoms in total. The van der Waals surface area contributed by atoms with E-state index in [1.807, 2.05) is 23.1 Å². The van der Waals surface area contributed by atoms with Gasteiger partial charge >= 0.3 is 0 Å². The smallest absolute Gasteiger partial charge is 0.251 e. The van der Waals surface area contributed by atoms with Crippen LogP contribution in [0.4, 0.5) is 11.4 Å². The fourth-order valence-electron chi connectivity index (χ4n) is 2.75. The summed E-state index contributed by atoms with van der Waals surface area (Å²) in [6.07, 6.45) is 0.905. The Morgan fingerprint density at radius 2 is 1.83 bits per heavy atom. The summed E-state index contributed by atoms with van der Waals surface area (Å²) in [4.78, 5) is 25.7. The molecule has 0 spiro atoms. The zero-order valence-electron chi connectivity index (χ0n) is 13.0. The second kappa shape index (κ2) is 6.52. The van der Waals surface area contributed by atoms with Gasteiger partial charge in [-0.25, -0.2) is 0 Å². The van der Waals surface area contributed by atoms with Crippen LogP contribution in [0, 0.1) is 0 Å². The first-order valence-corrected chi connectivity index (χ1v) is 7.63. The molecular formula is C18H19N3O2. The Morgan fingerprint density at radius 3 is 2.57 bits per heavy atom. The van der Waals surface area contributed by atoms with Gasteiger partial charge in [0.25, 0.3) is 5.91 Å². The number of fused-ring (bicyclic) bond motifs is 1. The van der Waals surface area contributed by atoms with Crippen LogP contribution in [-0.4, -0.2) is 32.0 Å². The van der Waals surface area contributed by atoms with E-state index in [4.69, 9.17) is 0 Å². The van der Waals surface area contributed by atoms with Crippen LogP contribution in [0.25, 0.3) is 0 Å². The van der Waals surface area contributed by atoms with Gasteiger partial charge in [-0.1, -0.05) is 18.2 Å². The Bertz CT molecular complexity index is 725. The number of anilines is 2. The molecule has 0 fully saturated rings. The van der Waals surface area contributed by atoms with Crippen molar-refractivity contribution in [1.29, 1.82) is 0 Å². The van der Waals surface area contributed by atoms with Crippen LogP contribution in [0.15, 0.2) is 48.5 Å². The lowest BCUT2D eigenvalue weighted by Crippen LogP contribution is -2.34. The Kier molecular flexibility index (Phi) is 4.28. The van der Waals surface area contributed by atoms with E-state index in [0.29, 0.717) is 5.56 Å². The van der Waals surface area contributed by atoms with Crippen molar-refractivity contribution in [2.45, 2.75) is 6.42 Å².